The minimum atomic E-state index is -3.58. The van der Waals surface area contributed by atoms with E-state index in [-0.39, 0.29) is 10.8 Å². The quantitative estimate of drug-likeness (QED) is 0.743. The van der Waals surface area contributed by atoms with Crippen LogP contribution in [0.2, 0.25) is 0 Å². The predicted molar refractivity (Wildman–Crippen MR) is 92.1 cm³/mol. The van der Waals surface area contributed by atoms with Gasteiger partial charge in [-0.15, -0.1) is 0 Å². The van der Waals surface area contributed by atoms with Crippen molar-refractivity contribution in [2.75, 3.05) is 6.54 Å². The van der Waals surface area contributed by atoms with E-state index in [2.05, 4.69) is 32.5 Å². The molecular weight excluding hydrogens is 330 g/mol. The normalized spacial score (nSPS) is 13.3. The van der Waals surface area contributed by atoms with Crippen LogP contribution >= 0.6 is 11.7 Å². The molecule has 0 unspecified atom stereocenters. The second-order valence-corrected chi connectivity index (χ2v) is 7.65. The van der Waals surface area contributed by atoms with Gasteiger partial charge in [0, 0.05) is 6.54 Å². The summed E-state index contributed by atoms with van der Waals surface area (Å²) in [5, 5.41) is 0. The van der Waals surface area contributed by atoms with E-state index in [1.54, 1.807) is 18.2 Å². The summed E-state index contributed by atoms with van der Waals surface area (Å²) in [5.74, 6) is 0.288. The highest BCUT2D eigenvalue weighted by atomic mass is 32.2. The standard InChI is InChI=1S/C16H17N3O2S2/c1-12(13-6-3-2-4-7-13)10-11-17-23(20,21)15-9-5-8-14-16(15)19-22-18-14/h2-9,12,17H,10-11H2,1H3/t12-/m1/s1. The van der Waals surface area contributed by atoms with Gasteiger partial charge in [0.05, 0.1) is 11.7 Å². The fourth-order valence-electron chi connectivity index (χ4n) is 2.43. The fraction of sp³-hybridized carbons (Fsp3) is 0.250. The Morgan fingerprint density at radius 2 is 1.87 bits per heavy atom. The highest BCUT2D eigenvalue weighted by Gasteiger charge is 2.19. The topological polar surface area (TPSA) is 72.0 Å². The molecule has 0 radical (unpaired) electrons. The highest BCUT2D eigenvalue weighted by Crippen LogP contribution is 2.22. The molecule has 0 fully saturated rings. The smallest absolute Gasteiger partial charge is 0.211 e. The van der Waals surface area contributed by atoms with E-state index in [9.17, 15) is 8.42 Å². The minimum Gasteiger partial charge on any atom is -0.211 e. The SMILES string of the molecule is C[C@H](CCNS(=O)(=O)c1cccc2nsnc12)c1ccccc1. The first-order valence-corrected chi connectivity index (χ1v) is 9.55. The third-order valence-electron chi connectivity index (χ3n) is 3.78. The van der Waals surface area contributed by atoms with Crippen molar-refractivity contribution in [2.24, 2.45) is 0 Å². The van der Waals surface area contributed by atoms with Crippen molar-refractivity contribution >= 4 is 32.8 Å². The molecule has 0 saturated heterocycles. The van der Waals surface area contributed by atoms with Crippen molar-refractivity contribution < 1.29 is 8.42 Å². The van der Waals surface area contributed by atoms with E-state index in [4.69, 9.17) is 0 Å². The van der Waals surface area contributed by atoms with Crippen LogP contribution in [0, 0.1) is 0 Å². The van der Waals surface area contributed by atoms with Gasteiger partial charge in [0.1, 0.15) is 15.9 Å². The van der Waals surface area contributed by atoms with Gasteiger partial charge in [-0.25, -0.2) is 13.1 Å². The Balaban J connectivity index is 1.69. The molecule has 0 spiro atoms. The zero-order valence-corrected chi connectivity index (χ0v) is 14.3. The number of rotatable bonds is 6. The summed E-state index contributed by atoms with van der Waals surface area (Å²) in [6, 6.07) is 15.1. The number of sulfonamides is 1. The average molecular weight is 347 g/mol. The van der Waals surface area contributed by atoms with Crippen LogP contribution in [0.5, 0.6) is 0 Å². The molecule has 0 bridgehead atoms. The van der Waals surface area contributed by atoms with Crippen molar-refractivity contribution in [3.63, 3.8) is 0 Å². The van der Waals surface area contributed by atoms with Gasteiger partial charge in [0.15, 0.2) is 0 Å². The van der Waals surface area contributed by atoms with Crippen LogP contribution in [0.3, 0.4) is 0 Å². The molecule has 120 valence electrons. The number of benzene rings is 2. The first-order valence-electron chi connectivity index (χ1n) is 7.34. The zero-order chi connectivity index (χ0) is 16.3. The van der Waals surface area contributed by atoms with Crippen molar-refractivity contribution in [1.82, 2.24) is 13.5 Å². The number of hydrogen-bond acceptors (Lipinski definition) is 5. The molecule has 0 amide bonds. The van der Waals surface area contributed by atoms with Gasteiger partial charge >= 0.3 is 0 Å². The molecule has 3 aromatic rings. The Morgan fingerprint density at radius 1 is 1.09 bits per heavy atom. The molecule has 2 aromatic carbocycles. The second kappa shape index (κ2) is 6.74. The molecule has 0 saturated carbocycles. The van der Waals surface area contributed by atoms with Gasteiger partial charge in [-0.05, 0) is 30.0 Å². The van der Waals surface area contributed by atoms with Crippen LogP contribution in [0.25, 0.3) is 11.0 Å². The third kappa shape index (κ3) is 3.57. The maximum atomic E-state index is 12.5. The highest BCUT2D eigenvalue weighted by molar-refractivity contribution is 7.89. The Hall–Kier alpha value is -1.83. The Morgan fingerprint density at radius 3 is 2.65 bits per heavy atom. The first kappa shape index (κ1) is 16.0. The summed E-state index contributed by atoms with van der Waals surface area (Å²) >= 11 is 1.02. The van der Waals surface area contributed by atoms with E-state index in [1.807, 2.05) is 18.2 Å². The van der Waals surface area contributed by atoms with E-state index in [0.717, 1.165) is 18.1 Å². The Labute approximate surface area is 139 Å². The summed E-state index contributed by atoms with van der Waals surface area (Å²) in [6.45, 7) is 2.47. The molecule has 0 aliphatic heterocycles. The molecule has 1 heterocycles. The molecule has 1 atom stereocenters. The number of aromatic nitrogens is 2. The lowest BCUT2D eigenvalue weighted by Crippen LogP contribution is -2.26. The zero-order valence-electron chi connectivity index (χ0n) is 12.6. The third-order valence-corrected chi connectivity index (χ3v) is 5.81. The predicted octanol–water partition coefficient (Wildman–Crippen LogP) is 3.16. The first-order chi connectivity index (χ1) is 11.1. The lowest BCUT2D eigenvalue weighted by Gasteiger charge is -2.12. The van der Waals surface area contributed by atoms with Crippen molar-refractivity contribution in [3.8, 4) is 0 Å². The van der Waals surface area contributed by atoms with Gasteiger partial charge in [-0.1, -0.05) is 43.3 Å². The van der Waals surface area contributed by atoms with Crippen LogP contribution in [0.1, 0.15) is 24.8 Å². The van der Waals surface area contributed by atoms with E-state index in [1.165, 1.54) is 5.56 Å². The maximum Gasteiger partial charge on any atom is 0.242 e. The van der Waals surface area contributed by atoms with Crippen molar-refractivity contribution in [2.45, 2.75) is 24.2 Å². The second-order valence-electron chi connectivity index (χ2n) is 5.39. The lowest BCUT2D eigenvalue weighted by atomic mass is 9.98. The van der Waals surface area contributed by atoms with Gasteiger partial charge in [0.2, 0.25) is 10.0 Å². The number of nitrogens with zero attached hydrogens (tertiary/aromatic N) is 2. The van der Waals surface area contributed by atoms with Gasteiger partial charge in [-0.2, -0.15) is 8.75 Å². The Kier molecular flexibility index (Phi) is 4.70. The largest absolute Gasteiger partial charge is 0.242 e. The lowest BCUT2D eigenvalue weighted by molar-refractivity contribution is 0.573. The van der Waals surface area contributed by atoms with Crippen LogP contribution < -0.4 is 4.72 Å². The molecule has 7 heteroatoms. The van der Waals surface area contributed by atoms with Crippen LogP contribution in [-0.2, 0) is 10.0 Å². The van der Waals surface area contributed by atoms with Crippen LogP contribution in [-0.4, -0.2) is 23.7 Å². The van der Waals surface area contributed by atoms with E-state index < -0.39 is 10.0 Å². The van der Waals surface area contributed by atoms with Gasteiger partial charge in [0.25, 0.3) is 0 Å². The molecule has 3 rings (SSSR count). The fourth-order valence-corrected chi connectivity index (χ4v) is 4.25. The minimum absolute atomic E-state index is 0.191. The summed E-state index contributed by atoms with van der Waals surface area (Å²) in [5.41, 5.74) is 2.24. The van der Waals surface area contributed by atoms with E-state index >= 15 is 0 Å². The maximum absolute atomic E-state index is 12.5. The van der Waals surface area contributed by atoms with Crippen molar-refractivity contribution in [1.29, 1.82) is 0 Å². The van der Waals surface area contributed by atoms with Gasteiger partial charge in [-0.3, -0.25) is 0 Å². The molecule has 23 heavy (non-hydrogen) atoms. The molecule has 1 aromatic heterocycles. The summed E-state index contributed by atoms with van der Waals surface area (Å²) < 4.78 is 35.8. The molecule has 5 nitrogen and oxygen atoms in total. The summed E-state index contributed by atoms with van der Waals surface area (Å²) in [4.78, 5) is 0.191. The molecule has 0 aliphatic carbocycles. The average Bonchev–Trinajstić information content (AvgIpc) is 3.03. The van der Waals surface area contributed by atoms with Gasteiger partial charge < -0.3 is 0 Å². The molecule has 0 aliphatic rings. The molecule has 1 N–H and O–H groups in total. The van der Waals surface area contributed by atoms with E-state index in [0.29, 0.717) is 17.6 Å². The Bertz CT molecular complexity index is 892. The van der Waals surface area contributed by atoms with Crippen LogP contribution in [0.4, 0.5) is 0 Å². The number of nitrogens with one attached hydrogen (secondary N) is 1. The van der Waals surface area contributed by atoms with Crippen LogP contribution in [0.15, 0.2) is 53.4 Å². The van der Waals surface area contributed by atoms with Crippen molar-refractivity contribution in [3.05, 3.63) is 54.1 Å². The number of hydrogen-bond donors (Lipinski definition) is 1. The summed E-state index contributed by atoms with van der Waals surface area (Å²) in [6.07, 6.45) is 0.731. The summed E-state index contributed by atoms with van der Waals surface area (Å²) in [7, 11) is -3.58. The monoisotopic (exact) mass is 347 g/mol. The number of fused-ring (bicyclic) bond motifs is 1. The molecular formula is C16H17N3O2S2.